The molecule has 1 aromatic rings. The Labute approximate surface area is 156 Å². The first-order valence-electron chi connectivity index (χ1n) is 9.47. The second kappa shape index (κ2) is 8.07. The van der Waals surface area contributed by atoms with Gasteiger partial charge in [-0.15, -0.1) is 0 Å². The van der Waals surface area contributed by atoms with E-state index < -0.39 is 0 Å². The highest BCUT2D eigenvalue weighted by atomic mass is 35.5. The molecule has 0 radical (unpaired) electrons. The van der Waals surface area contributed by atoms with E-state index in [1.54, 1.807) is 0 Å². The highest BCUT2D eigenvalue weighted by Gasteiger charge is 2.46. The number of carbonyl (C=O) groups excluding carboxylic acids is 1. The molecule has 2 heterocycles. The fourth-order valence-corrected chi connectivity index (χ4v) is 4.68. The fourth-order valence-electron chi connectivity index (χ4n) is 4.47. The van der Waals surface area contributed by atoms with Crippen molar-refractivity contribution in [1.29, 1.82) is 0 Å². The van der Waals surface area contributed by atoms with Gasteiger partial charge in [0.25, 0.3) is 0 Å². The average molecular weight is 364 g/mol. The van der Waals surface area contributed by atoms with Crippen LogP contribution in [-0.4, -0.2) is 55.0 Å². The zero-order valence-corrected chi connectivity index (χ0v) is 16.2. The van der Waals surface area contributed by atoms with Crippen molar-refractivity contribution in [3.8, 4) is 0 Å². The molecule has 4 nitrogen and oxygen atoms in total. The van der Waals surface area contributed by atoms with Crippen LogP contribution in [0, 0.1) is 5.41 Å². The van der Waals surface area contributed by atoms with E-state index in [1.165, 1.54) is 12.8 Å². The van der Waals surface area contributed by atoms with Crippen molar-refractivity contribution in [2.45, 2.75) is 45.2 Å². The highest BCUT2D eigenvalue weighted by Crippen LogP contribution is 2.41. The van der Waals surface area contributed by atoms with E-state index in [0.29, 0.717) is 12.0 Å². The van der Waals surface area contributed by atoms with Crippen molar-refractivity contribution in [2.24, 2.45) is 5.41 Å². The van der Waals surface area contributed by atoms with Crippen LogP contribution in [0.1, 0.15) is 38.2 Å². The molecule has 25 heavy (non-hydrogen) atoms. The molecule has 0 bridgehead atoms. The van der Waals surface area contributed by atoms with Gasteiger partial charge in [-0.05, 0) is 68.9 Å². The summed E-state index contributed by atoms with van der Waals surface area (Å²) < 4.78 is 0. The summed E-state index contributed by atoms with van der Waals surface area (Å²) >= 11 is 6.12. The molecule has 2 saturated heterocycles. The Morgan fingerprint density at radius 2 is 2.16 bits per heavy atom. The van der Waals surface area contributed by atoms with Crippen molar-refractivity contribution in [1.82, 2.24) is 15.1 Å². The first-order valence-corrected chi connectivity index (χ1v) is 9.85. The standard InChI is InChI=1S/C20H30ClN3O/c1-3-11-24(14-16-5-4-6-17(21)12-16)19(25)18-13-20(15-23(18)2)7-9-22-10-8-20/h4-6,12,18,22H,3,7-11,13-15H2,1-2H3. The number of likely N-dealkylation sites (N-methyl/N-ethyl adjacent to an activating group) is 1. The number of carbonyl (C=O) groups is 1. The molecule has 1 unspecified atom stereocenters. The van der Waals surface area contributed by atoms with Crippen LogP contribution in [0.5, 0.6) is 0 Å². The van der Waals surface area contributed by atoms with Crippen molar-refractivity contribution in [3.63, 3.8) is 0 Å². The minimum Gasteiger partial charge on any atom is -0.337 e. The van der Waals surface area contributed by atoms with E-state index in [9.17, 15) is 4.79 Å². The molecule has 1 atom stereocenters. The van der Waals surface area contributed by atoms with Gasteiger partial charge >= 0.3 is 0 Å². The molecule has 1 N–H and O–H groups in total. The summed E-state index contributed by atoms with van der Waals surface area (Å²) in [5, 5.41) is 4.18. The van der Waals surface area contributed by atoms with Gasteiger partial charge in [-0.1, -0.05) is 30.7 Å². The molecule has 1 amide bonds. The highest BCUT2D eigenvalue weighted by molar-refractivity contribution is 6.30. The van der Waals surface area contributed by atoms with E-state index in [1.807, 2.05) is 23.1 Å². The quantitative estimate of drug-likeness (QED) is 0.872. The van der Waals surface area contributed by atoms with Crippen molar-refractivity contribution in [2.75, 3.05) is 33.2 Å². The zero-order valence-electron chi connectivity index (χ0n) is 15.4. The minimum atomic E-state index is 0.0174. The predicted molar refractivity (Wildman–Crippen MR) is 103 cm³/mol. The minimum absolute atomic E-state index is 0.0174. The molecule has 1 spiro atoms. The molecule has 2 aliphatic heterocycles. The van der Waals surface area contributed by atoms with E-state index >= 15 is 0 Å². The predicted octanol–water partition coefficient (Wildman–Crippen LogP) is 3.15. The Balaban J connectivity index is 1.71. The van der Waals surface area contributed by atoms with Crippen molar-refractivity contribution >= 4 is 17.5 Å². The number of piperidine rings is 1. The van der Waals surface area contributed by atoms with Gasteiger partial charge in [-0.25, -0.2) is 0 Å². The summed E-state index contributed by atoms with van der Waals surface area (Å²) in [6.45, 7) is 6.77. The van der Waals surface area contributed by atoms with E-state index in [2.05, 4.69) is 30.3 Å². The Morgan fingerprint density at radius 3 is 2.84 bits per heavy atom. The second-order valence-corrected chi connectivity index (χ2v) is 8.21. The maximum Gasteiger partial charge on any atom is 0.240 e. The molecule has 2 fully saturated rings. The van der Waals surface area contributed by atoms with Gasteiger partial charge in [0.1, 0.15) is 0 Å². The summed E-state index contributed by atoms with van der Waals surface area (Å²) in [6, 6.07) is 7.86. The molecule has 3 rings (SSSR count). The summed E-state index contributed by atoms with van der Waals surface area (Å²) in [7, 11) is 2.11. The third-order valence-corrected chi connectivity index (χ3v) is 6.00. The van der Waals surface area contributed by atoms with Gasteiger partial charge in [0.05, 0.1) is 6.04 Å². The molecular weight excluding hydrogens is 334 g/mol. The third kappa shape index (κ3) is 4.36. The number of hydrogen-bond acceptors (Lipinski definition) is 3. The van der Waals surface area contributed by atoms with E-state index in [4.69, 9.17) is 11.6 Å². The lowest BCUT2D eigenvalue weighted by Gasteiger charge is -2.33. The number of nitrogens with one attached hydrogen (secondary N) is 1. The van der Waals surface area contributed by atoms with Crippen LogP contribution in [0.2, 0.25) is 5.02 Å². The molecule has 0 aromatic heterocycles. The first kappa shape index (κ1) is 18.7. The van der Waals surface area contributed by atoms with Gasteiger partial charge in [0.15, 0.2) is 0 Å². The van der Waals surface area contributed by atoms with Crippen LogP contribution >= 0.6 is 11.6 Å². The summed E-state index contributed by atoms with van der Waals surface area (Å²) in [4.78, 5) is 17.6. The van der Waals surface area contributed by atoms with Crippen LogP contribution in [0.3, 0.4) is 0 Å². The summed E-state index contributed by atoms with van der Waals surface area (Å²) in [6.07, 6.45) is 4.34. The third-order valence-electron chi connectivity index (χ3n) is 5.76. The Kier molecular flexibility index (Phi) is 6.03. The lowest BCUT2D eigenvalue weighted by atomic mass is 9.77. The van der Waals surface area contributed by atoms with Crippen molar-refractivity contribution in [3.05, 3.63) is 34.9 Å². The van der Waals surface area contributed by atoms with E-state index in [-0.39, 0.29) is 11.9 Å². The molecular formula is C20H30ClN3O. The number of nitrogens with zero attached hydrogens (tertiary/aromatic N) is 2. The number of amides is 1. The van der Waals surface area contributed by atoms with E-state index in [0.717, 1.165) is 49.6 Å². The molecule has 0 saturated carbocycles. The van der Waals surface area contributed by atoms with Gasteiger partial charge in [0, 0.05) is 24.7 Å². The van der Waals surface area contributed by atoms with Gasteiger partial charge in [0.2, 0.25) is 5.91 Å². The number of halogens is 1. The number of benzene rings is 1. The largest absolute Gasteiger partial charge is 0.337 e. The van der Waals surface area contributed by atoms with Crippen LogP contribution in [0.25, 0.3) is 0 Å². The topological polar surface area (TPSA) is 35.6 Å². The normalized spacial score (nSPS) is 23.1. The second-order valence-electron chi connectivity index (χ2n) is 7.77. The lowest BCUT2D eigenvalue weighted by Crippen LogP contribution is -2.44. The van der Waals surface area contributed by atoms with Gasteiger partial charge in [-0.3, -0.25) is 9.69 Å². The number of rotatable bonds is 5. The molecule has 2 aliphatic rings. The zero-order chi connectivity index (χ0) is 17.9. The maximum absolute atomic E-state index is 13.3. The Hall–Kier alpha value is -1.10. The summed E-state index contributed by atoms with van der Waals surface area (Å²) in [5.41, 5.74) is 1.43. The Bertz CT molecular complexity index is 600. The average Bonchev–Trinajstić information content (AvgIpc) is 2.90. The van der Waals surface area contributed by atoms with Crippen LogP contribution in [0.15, 0.2) is 24.3 Å². The Morgan fingerprint density at radius 1 is 1.40 bits per heavy atom. The first-order chi connectivity index (χ1) is 12.0. The molecule has 138 valence electrons. The molecule has 1 aromatic carbocycles. The van der Waals surface area contributed by atoms with Gasteiger partial charge in [-0.2, -0.15) is 0 Å². The molecule has 5 heteroatoms. The lowest BCUT2D eigenvalue weighted by molar-refractivity contribution is -0.136. The number of likely N-dealkylation sites (tertiary alicyclic amines) is 1. The fraction of sp³-hybridized carbons (Fsp3) is 0.650. The van der Waals surface area contributed by atoms with Gasteiger partial charge < -0.3 is 10.2 Å². The van der Waals surface area contributed by atoms with Crippen LogP contribution < -0.4 is 5.32 Å². The maximum atomic E-state index is 13.3. The van der Waals surface area contributed by atoms with Crippen LogP contribution in [0.4, 0.5) is 0 Å². The van der Waals surface area contributed by atoms with Crippen LogP contribution in [-0.2, 0) is 11.3 Å². The molecule has 0 aliphatic carbocycles. The summed E-state index contributed by atoms with van der Waals surface area (Å²) in [5.74, 6) is 0.278. The number of hydrogen-bond donors (Lipinski definition) is 1. The van der Waals surface area contributed by atoms with Crippen molar-refractivity contribution < 1.29 is 4.79 Å². The SMILES string of the molecule is CCCN(Cc1cccc(Cl)c1)C(=O)C1CC2(CCNCC2)CN1C. The smallest absolute Gasteiger partial charge is 0.240 e. The monoisotopic (exact) mass is 363 g/mol.